The zero-order chi connectivity index (χ0) is 23.8. The average Bonchev–Trinajstić information content (AvgIpc) is 3.23. The van der Waals surface area contributed by atoms with Crippen molar-refractivity contribution in [1.82, 2.24) is 15.0 Å². The number of hydrogen-bond acceptors (Lipinski definition) is 8. The molecule has 0 radical (unpaired) electrons. The third-order valence-corrected chi connectivity index (χ3v) is 5.95. The molecule has 174 valence electrons. The third-order valence-electron chi connectivity index (χ3n) is 4.76. The number of esters is 2. The van der Waals surface area contributed by atoms with Gasteiger partial charge in [0.05, 0.1) is 12.5 Å². The molecule has 0 fully saturated rings. The maximum Gasteiger partial charge on any atom is 0.333 e. The van der Waals surface area contributed by atoms with Crippen LogP contribution in [0.5, 0.6) is 5.75 Å². The standard InChI is InChI=1S/C24H27N3O5S/c1-16(2)23(29)32-12-13-33-15-17(3)24(30)31-11-10-18-8-9-22(28)21(14-18)27-25-19-6-4-5-7-20(19)26-27/h4-9,14,17,28H,1,10-13,15H2,2-3H3. The van der Waals surface area contributed by atoms with Crippen LogP contribution < -0.4 is 0 Å². The predicted octanol–water partition coefficient (Wildman–Crippen LogP) is 3.70. The Hall–Kier alpha value is -3.33. The molecule has 0 spiro atoms. The average molecular weight is 470 g/mol. The second-order valence-corrected chi connectivity index (χ2v) is 8.76. The Labute approximate surface area is 196 Å². The van der Waals surface area contributed by atoms with Crippen molar-refractivity contribution in [2.45, 2.75) is 20.3 Å². The molecule has 1 aromatic heterocycles. The van der Waals surface area contributed by atoms with E-state index in [2.05, 4.69) is 16.8 Å². The highest BCUT2D eigenvalue weighted by Gasteiger charge is 2.15. The maximum atomic E-state index is 12.2. The molecule has 8 nitrogen and oxygen atoms in total. The Kier molecular flexibility index (Phi) is 8.48. The minimum atomic E-state index is -0.406. The van der Waals surface area contributed by atoms with E-state index in [1.807, 2.05) is 31.2 Å². The van der Waals surface area contributed by atoms with Crippen molar-refractivity contribution in [2.75, 3.05) is 24.7 Å². The van der Waals surface area contributed by atoms with Crippen LogP contribution in [0.15, 0.2) is 54.6 Å². The monoisotopic (exact) mass is 469 g/mol. The van der Waals surface area contributed by atoms with Gasteiger partial charge in [0.15, 0.2) is 0 Å². The summed E-state index contributed by atoms with van der Waals surface area (Å²) in [6.07, 6.45) is 0.497. The first-order chi connectivity index (χ1) is 15.8. The summed E-state index contributed by atoms with van der Waals surface area (Å²) in [5, 5.41) is 19.1. The fourth-order valence-corrected chi connectivity index (χ4v) is 3.77. The number of fused-ring (bicyclic) bond motifs is 1. The first kappa shape index (κ1) is 24.3. The highest BCUT2D eigenvalue weighted by molar-refractivity contribution is 7.99. The lowest BCUT2D eigenvalue weighted by Gasteiger charge is -2.12. The van der Waals surface area contributed by atoms with Crippen LogP contribution in [0.3, 0.4) is 0 Å². The minimum absolute atomic E-state index is 0.0654. The molecule has 1 atom stereocenters. The number of ether oxygens (including phenoxy) is 2. The van der Waals surface area contributed by atoms with E-state index in [-0.39, 0.29) is 30.9 Å². The van der Waals surface area contributed by atoms with Gasteiger partial charge < -0.3 is 14.6 Å². The number of rotatable bonds is 11. The largest absolute Gasteiger partial charge is 0.506 e. The smallest absolute Gasteiger partial charge is 0.333 e. The van der Waals surface area contributed by atoms with Gasteiger partial charge in [-0.15, -0.1) is 15.0 Å². The van der Waals surface area contributed by atoms with Gasteiger partial charge in [-0.2, -0.15) is 11.8 Å². The molecular weight excluding hydrogens is 442 g/mol. The quantitative estimate of drug-likeness (QED) is 0.258. The van der Waals surface area contributed by atoms with E-state index >= 15 is 0 Å². The number of benzene rings is 2. The minimum Gasteiger partial charge on any atom is -0.506 e. The van der Waals surface area contributed by atoms with Gasteiger partial charge in [-0.1, -0.05) is 31.7 Å². The van der Waals surface area contributed by atoms with Crippen LogP contribution in [0.25, 0.3) is 16.7 Å². The Morgan fingerprint density at radius 1 is 1.12 bits per heavy atom. The van der Waals surface area contributed by atoms with E-state index in [9.17, 15) is 14.7 Å². The van der Waals surface area contributed by atoms with Crippen molar-refractivity contribution in [1.29, 1.82) is 0 Å². The van der Waals surface area contributed by atoms with Gasteiger partial charge in [0.1, 0.15) is 29.1 Å². The third kappa shape index (κ3) is 6.82. The molecule has 33 heavy (non-hydrogen) atoms. The van der Waals surface area contributed by atoms with Crippen LogP contribution in [-0.4, -0.2) is 56.8 Å². The number of thioether (sulfide) groups is 1. The molecule has 0 bridgehead atoms. The summed E-state index contributed by atoms with van der Waals surface area (Å²) >= 11 is 1.52. The number of carbonyl (C=O) groups is 2. The van der Waals surface area contributed by atoms with E-state index in [4.69, 9.17) is 9.47 Å². The highest BCUT2D eigenvalue weighted by atomic mass is 32.2. The summed E-state index contributed by atoms with van der Waals surface area (Å²) in [4.78, 5) is 25.0. The van der Waals surface area contributed by atoms with Crippen LogP contribution in [0, 0.1) is 5.92 Å². The molecule has 2 aromatic carbocycles. The topological polar surface area (TPSA) is 104 Å². The first-order valence-electron chi connectivity index (χ1n) is 10.6. The summed E-state index contributed by atoms with van der Waals surface area (Å²) in [6, 6.07) is 12.6. The number of aromatic nitrogens is 3. The SMILES string of the molecule is C=C(C)C(=O)OCCSCC(C)C(=O)OCCc1ccc(O)c(-n2nc3ccccc3n2)c1. The summed E-state index contributed by atoms with van der Waals surface area (Å²) in [5.41, 5.74) is 3.19. The van der Waals surface area contributed by atoms with Crippen molar-refractivity contribution < 1.29 is 24.2 Å². The second kappa shape index (κ2) is 11.5. The molecule has 0 aliphatic heterocycles. The van der Waals surface area contributed by atoms with Gasteiger partial charge in [-0.3, -0.25) is 4.79 Å². The number of hydrogen-bond donors (Lipinski definition) is 1. The number of phenols is 1. The van der Waals surface area contributed by atoms with Crippen LogP contribution in [0.4, 0.5) is 0 Å². The van der Waals surface area contributed by atoms with Crippen molar-refractivity contribution in [3.8, 4) is 11.4 Å². The molecule has 0 aliphatic carbocycles. The second-order valence-electron chi connectivity index (χ2n) is 7.61. The van der Waals surface area contributed by atoms with E-state index < -0.39 is 5.97 Å². The van der Waals surface area contributed by atoms with Gasteiger partial charge in [0, 0.05) is 23.5 Å². The summed E-state index contributed by atoms with van der Waals surface area (Å²) in [7, 11) is 0. The fraction of sp³-hybridized carbons (Fsp3) is 0.333. The lowest BCUT2D eigenvalue weighted by atomic mass is 10.1. The summed E-state index contributed by atoms with van der Waals surface area (Å²) in [6.45, 7) is 7.44. The summed E-state index contributed by atoms with van der Waals surface area (Å²) in [5.74, 6) is 0.283. The molecule has 1 N–H and O–H groups in total. The number of phenolic OH excluding ortho intramolecular Hbond substituents is 1. The normalized spacial score (nSPS) is 11.8. The Morgan fingerprint density at radius 2 is 1.82 bits per heavy atom. The number of nitrogens with zero attached hydrogens (tertiary/aromatic N) is 3. The van der Waals surface area contributed by atoms with Gasteiger partial charge in [0.25, 0.3) is 0 Å². The Balaban J connectivity index is 1.45. The van der Waals surface area contributed by atoms with Gasteiger partial charge in [-0.25, -0.2) is 4.79 Å². The van der Waals surface area contributed by atoms with E-state index in [0.29, 0.717) is 29.2 Å². The zero-order valence-electron chi connectivity index (χ0n) is 18.7. The lowest BCUT2D eigenvalue weighted by Crippen LogP contribution is -2.19. The molecule has 0 amide bonds. The lowest BCUT2D eigenvalue weighted by molar-refractivity contribution is -0.147. The molecule has 1 heterocycles. The molecule has 3 rings (SSSR count). The van der Waals surface area contributed by atoms with E-state index in [1.165, 1.54) is 16.6 Å². The van der Waals surface area contributed by atoms with Crippen molar-refractivity contribution >= 4 is 34.7 Å². The Bertz CT molecular complexity index is 1110. The number of carbonyl (C=O) groups excluding carboxylic acids is 2. The van der Waals surface area contributed by atoms with Crippen LogP contribution >= 0.6 is 11.8 Å². The van der Waals surface area contributed by atoms with Crippen molar-refractivity contribution in [2.24, 2.45) is 5.92 Å². The molecule has 9 heteroatoms. The zero-order valence-corrected chi connectivity index (χ0v) is 19.5. The van der Waals surface area contributed by atoms with Crippen molar-refractivity contribution in [3.05, 3.63) is 60.2 Å². The highest BCUT2D eigenvalue weighted by Crippen LogP contribution is 2.23. The molecule has 3 aromatic rings. The number of aromatic hydroxyl groups is 1. The fourth-order valence-electron chi connectivity index (χ4n) is 2.91. The molecule has 0 saturated carbocycles. The predicted molar refractivity (Wildman–Crippen MR) is 127 cm³/mol. The van der Waals surface area contributed by atoms with Gasteiger partial charge in [0.2, 0.25) is 0 Å². The molecule has 0 aliphatic rings. The first-order valence-corrected chi connectivity index (χ1v) is 11.7. The van der Waals surface area contributed by atoms with E-state index in [1.54, 1.807) is 25.1 Å². The summed E-state index contributed by atoms with van der Waals surface area (Å²) < 4.78 is 10.4. The van der Waals surface area contributed by atoms with Crippen LogP contribution in [-0.2, 0) is 25.5 Å². The van der Waals surface area contributed by atoms with Crippen LogP contribution in [0.1, 0.15) is 19.4 Å². The van der Waals surface area contributed by atoms with Crippen LogP contribution in [0.2, 0.25) is 0 Å². The van der Waals surface area contributed by atoms with Gasteiger partial charge in [-0.05, 0) is 36.8 Å². The molecule has 0 saturated heterocycles. The Morgan fingerprint density at radius 3 is 2.48 bits per heavy atom. The van der Waals surface area contributed by atoms with E-state index in [0.717, 1.165) is 16.6 Å². The van der Waals surface area contributed by atoms with Crippen molar-refractivity contribution in [3.63, 3.8) is 0 Å². The molecular formula is C24H27N3O5S. The van der Waals surface area contributed by atoms with Gasteiger partial charge >= 0.3 is 11.9 Å². The molecule has 1 unspecified atom stereocenters. The maximum absolute atomic E-state index is 12.2.